The minimum Gasteiger partial charge on any atom is -0.357 e. The second kappa shape index (κ2) is 4.40. The van der Waals surface area contributed by atoms with Crippen LogP contribution in [0.3, 0.4) is 0 Å². The van der Waals surface area contributed by atoms with Crippen LogP contribution in [0, 0.1) is 5.92 Å². The second-order valence-electron chi connectivity index (χ2n) is 5.49. The maximum atomic E-state index is 5.95. The number of rotatable bonds is 2. The Balaban J connectivity index is 1.81. The Kier molecular flexibility index (Phi) is 3.33. The van der Waals surface area contributed by atoms with Crippen molar-refractivity contribution in [2.24, 2.45) is 5.92 Å². The predicted molar refractivity (Wildman–Crippen MR) is 61.8 cm³/mol. The van der Waals surface area contributed by atoms with E-state index < -0.39 is 0 Å². The molecule has 2 aliphatic rings. The summed E-state index contributed by atoms with van der Waals surface area (Å²) in [5, 5.41) is 3.51. The van der Waals surface area contributed by atoms with Gasteiger partial charge in [-0.25, -0.2) is 0 Å². The smallest absolute Gasteiger partial charge is 0.117 e. The molecule has 2 fully saturated rings. The van der Waals surface area contributed by atoms with Gasteiger partial charge in [-0.3, -0.25) is 5.32 Å². The average molecular weight is 212 g/mol. The van der Waals surface area contributed by atoms with Crippen molar-refractivity contribution in [2.45, 2.75) is 44.9 Å². The van der Waals surface area contributed by atoms with E-state index in [9.17, 15) is 0 Å². The van der Waals surface area contributed by atoms with Crippen LogP contribution >= 0.6 is 0 Å². The van der Waals surface area contributed by atoms with Gasteiger partial charge in [-0.15, -0.1) is 0 Å². The van der Waals surface area contributed by atoms with Gasteiger partial charge in [0, 0.05) is 6.54 Å². The third-order valence-electron chi connectivity index (χ3n) is 3.74. The summed E-state index contributed by atoms with van der Waals surface area (Å²) in [6.07, 6.45) is 4.20. The molecule has 2 rings (SSSR count). The largest absolute Gasteiger partial charge is 0.357 e. The second-order valence-corrected chi connectivity index (χ2v) is 5.49. The predicted octanol–water partition coefficient (Wildman–Crippen LogP) is 1.44. The minimum atomic E-state index is -0.0556. The number of hydrogen-bond donors (Lipinski definition) is 1. The third kappa shape index (κ3) is 2.92. The zero-order valence-electron chi connectivity index (χ0n) is 10.3. The topological polar surface area (TPSA) is 24.5 Å². The van der Waals surface area contributed by atoms with Crippen LogP contribution in [-0.4, -0.2) is 43.4 Å². The highest BCUT2D eigenvalue weighted by atomic mass is 16.5. The van der Waals surface area contributed by atoms with Crippen molar-refractivity contribution in [2.75, 3.05) is 26.7 Å². The van der Waals surface area contributed by atoms with Gasteiger partial charge in [-0.2, -0.15) is 0 Å². The minimum absolute atomic E-state index is 0.0556. The summed E-state index contributed by atoms with van der Waals surface area (Å²) in [6.45, 7) is 7.84. The number of ether oxygens (including phenoxy) is 1. The van der Waals surface area contributed by atoms with E-state index in [0.717, 1.165) is 12.5 Å². The van der Waals surface area contributed by atoms with Gasteiger partial charge in [-0.1, -0.05) is 0 Å². The molecule has 3 nitrogen and oxygen atoms in total. The lowest BCUT2D eigenvalue weighted by atomic mass is 9.89. The van der Waals surface area contributed by atoms with Crippen molar-refractivity contribution in [3.8, 4) is 0 Å². The quantitative estimate of drug-likeness (QED) is 0.749. The molecule has 0 amide bonds. The lowest BCUT2D eigenvalue weighted by Gasteiger charge is -2.34. The monoisotopic (exact) mass is 212 g/mol. The molecule has 1 N–H and O–H groups in total. The van der Waals surface area contributed by atoms with Crippen molar-refractivity contribution in [3.05, 3.63) is 0 Å². The highest BCUT2D eigenvalue weighted by Crippen LogP contribution is 2.29. The molecule has 0 spiro atoms. The van der Waals surface area contributed by atoms with E-state index in [-0.39, 0.29) is 5.72 Å². The van der Waals surface area contributed by atoms with Crippen LogP contribution in [0.4, 0.5) is 0 Å². The van der Waals surface area contributed by atoms with Gasteiger partial charge in [0.2, 0.25) is 0 Å². The van der Waals surface area contributed by atoms with Crippen LogP contribution in [0.25, 0.3) is 0 Å². The van der Waals surface area contributed by atoms with E-state index in [1.54, 1.807) is 0 Å². The lowest BCUT2D eigenvalue weighted by Crippen LogP contribution is -2.42. The Morgan fingerprint density at radius 2 is 2.07 bits per heavy atom. The van der Waals surface area contributed by atoms with E-state index in [1.807, 2.05) is 0 Å². The summed E-state index contributed by atoms with van der Waals surface area (Å²) < 4.78 is 5.95. The molecule has 2 atom stereocenters. The highest BCUT2D eigenvalue weighted by Gasteiger charge is 2.36. The molecule has 0 bridgehead atoms. The maximum Gasteiger partial charge on any atom is 0.117 e. The zero-order chi connectivity index (χ0) is 10.9. The molecule has 2 unspecified atom stereocenters. The lowest BCUT2D eigenvalue weighted by molar-refractivity contribution is -0.0503. The van der Waals surface area contributed by atoms with Gasteiger partial charge in [0.15, 0.2) is 0 Å². The van der Waals surface area contributed by atoms with Crippen LogP contribution in [0.1, 0.15) is 33.1 Å². The molecule has 15 heavy (non-hydrogen) atoms. The number of likely N-dealkylation sites (tertiary alicyclic amines) is 1. The molecule has 0 aromatic heterocycles. The van der Waals surface area contributed by atoms with E-state index in [2.05, 4.69) is 31.1 Å². The number of nitrogens with one attached hydrogen (secondary N) is 1. The fourth-order valence-corrected chi connectivity index (χ4v) is 2.82. The molecule has 88 valence electrons. The maximum absolute atomic E-state index is 5.95. The molecule has 0 aliphatic carbocycles. The highest BCUT2D eigenvalue weighted by molar-refractivity contribution is 4.85. The average Bonchev–Trinajstić information content (AvgIpc) is 2.50. The van der Waals surface area contributed by atoms with Gasteiger partial charge < -0.3 is 9.64 Å². The van der Waals surface area contributed by atoms with Crippen molar-refractivity contribution in [1.82, 2.24) is 10.2 Å². The first-order valence-electron chi connectivity index (χ1n) is 6.19. The Bertz CT molecular complexity index is 214. The van der Waals surface area contributed by atoms with Gasteiger partial charge in [-0.05, 0) is 59.2 Å². The first-order chi connectivity index (χ1) is 7.07. The number of piperidine rings is 1. The Hall–Kier alpha value is -0.120. The fraction of sp³-hybridized carbons (Fsp3) is 1.00. The molecule has 0 saturated carbocycles. The SMILES string of the molecule is CC1CNC(C)(CC2CCN(C)CC2)O1. The van der Waals surface area contributed by atoms with Crippen LogP contribution in [-0.2, 0) is 4.74 Å². The summed E-state index contributed by atoms with van der Waals surface area (Å²) in [4.78, 5) is 2.42. The molecular weight excluding hydrogens is 188 g/mol. The zero-order valence-corrected chi connectivity index (χ0v) is 10.3. The summed E-state index contributed by atoms with van der Waals surface area (Å²) in [5.74, 6) is 0.837. The van der Waals surface area contributed by atoms with Crippen LogP contribution in [0.15, 0.2) is 0 Å². The van der Waals surface area contributed by atoms with Crippen molar-refractivity contribution < 1.29 is 4.74 Å². The molecule has 2 saturated heterocycles. The molecule has 2 aliphatic heterocycles. The number of hydrogen-bond acceptors (Lipinski definition) is 3. The van der Waals surface area contributed by atoms with Crippen LogP contribution < -0.4 is 5.32 Å². The summed E-state index contributed by atoms with van der Waals surface area (Å²) in [5.41, 5.74) is -0.0556. The van der Waals surface area contributed by atoms with Gasteiger partial charge >= 0.3 is 0 Å². The molecule has 3 heteroatoms. The normalized spacial score (nSPS) is 39.8. The van der Waals surface area contributed by atoms with E-state index in [1.165, 1.54) is 32.4 Å². The molecular formula is C12H24N2O. The standard InChI is InChI=1S/C12H24N2O/c1-10-9-13-12(2,15-10)8-11-4-6-14(3)7-5-11/h10-11,13H,4-9H2,1-3H3. The van der Waals surface area contributed by atoms with Crippen molar-refractivity contribution >= 4 is 0 Å². The molecule has 2 heterocycles. The molecule has 0 aromatic carbocycles. The summed E-state index contributed by atoms with van der Waals surface area (Å²) in [7, 11) is 2.21. The fourth-order valence-electron chi connectivity index (χ4n) is 2.82. The molecule has 0 radical (unpaired) electrons. The number of nitrogens with zero attached hydrogens (tertiary/aromatic N) is 1. The summed E-state index contributed by atoms with van der Waals surface area (Å²) >= 11 is 0. The summed E-state index contributed by atoms with van der Waals surface area (Å²) in [6, 6.07) is 0. The molecule has 0 aromatic rings. The van der Waals surface area contributed by atoms with Gasteiger partial charge in [0.05, 0.1) is 6.10 Å². The van der Waals surface area contributed by atoms with Gasteiger partial charge in [0.25, 0.3) is 0 Å². The van der Waals surface area contributed by atoms with Crippen LogP contribution in [0.5, 0.6) is 0 Å². The Labute approximate surface area is 93.2 Å². The van der Waals surface area contributed by atoms with Gasteiger partial charge in [0.1, 0.15) is 5.72 Å². The van der Waals surface area contributed by atoms with Crippen LogP contribution in [0.2, 0.25) is 0 Å². The Morgan fingerprint density at radius 1 is 1.40 bits per heavy atom. The third-order valence-corrected chi connectivity index (χ3v) is 3.74. The van der Waals surface area contributed by atoms with E-state index >= 15 is 0 Å². The Morgan fingerprint density at radius 3 is 2.60 bits per heavy atom. The van der Waals surface area contributed by atoms with E-state index in [0.29, 0.717) is 6.10 Å². The van der Waals surface area contributed by atoms with Crippen molar-refractivity contribution in [3.63, 3.8) is 0 Å². The van der Waals surface area contributed by atoms with Crippen molar-refractivity contribution in [1.29, 1.82) is 0 Å². The van der Waals surface area contributed by atoms with E-state index in [4.69, 9.17) is 4.74 Å². The first-order valence-corrected chi connectivity index (χ1v) is 6.19. The first kappa shape index (κ1) is 11.4.